The van der Waals surface area contributed by atoms with Crippen LogP contribution in [-0.4, -0.2) is 19.2 Å². The van der Waals surface area contributed by atoms with Gasteiger partial charge in [-0.15, -0.1) is 0 Å². The van der Waals surface area contributed by atoms with Gasteiger partial charge in [0.15, 0.2) is 0 Å². The van der Waals surface area contributed by atoms with E-state index in [2.05, 4.69) is 20.9 Å². The molecule has 0 aliphatic heterocycles. The van der Waals surface area contributed by atoms with E-state index in [0.717, 1.165) is 0 Å². The second-order valence-corrected chi connectivity index (χ2v) is 7.18. The zero-order chi connectivity index (χ0) is 14.8. The molecule has 108 valence electrons. The first kappa shape index (κ1) is 16.5. The summed E-state index contributed by atoms with van der Waals surface area (Å²) in [7, 11) is -3.61. The zero-order valence-corrected chi connectivity index (χ0v) is 13.7. The average Bonchev–Trinajstić information content (AvgIpc) is 2.31. The Labute approximate surface area is 121 Å². The third-order valence-corrected chi connectivity index (χ3v) is 4.89. The highest BCUT2D eigenvalue weighted by molar-refractivity contribution is 9.10. The van der Waals surface area contributed by atoms with Gasteiger partial charge in [-0.05, 0) is 41.3 Å². The molecule has 0 unspecified atom stereocenters. The van der Waals surface area contributed by atoms with Crippen LogP contribution in [0.4, 0.5) is 4.39 Å². The number of aryl methyl sites for hydroxylation is 1. The fourth-order valence-corrected chi connectivity index (χ4v) is 2.92. The van der Waals surface area contributed by atoms with Crippen LogP contribution >= 0.6 is 15.9 Å². The summed E-state index contributed by atoms with van der Waals surface area (Å²) in [5, 5.41) is 0. The number of hydrogen-bond acceptors (Lipinski definition) is 4. The molecule has 7 heteroatoms. The van der Waals surface area contributed by atoms with Crippen molar-refractivity contribution in [2.24, 2.45) is 0 Å². The molecule has 1 rings (SSSR count). The van der Waals surface area contributed by atoms with E-state index in [0.29, 0.717) is 15.7 Å². The summed E-state index contributed by atoms with van der Waals surface area (Å²) in [6.07, 6.45) is 0. The molecular weight excluding hydrogens is 337 g/mol. The Balaban J connectivity index is 3.23. The Morgan fingerprint density at radius 1 is 1.42 bits per heavy atom. The molecule has 0 N–H and O–H groups in total. The van der Waals surface area contributed by atoms with E-state index >= 15 is 0 Å². The summed E-state index contributed by atoms with van der Waals surface area (Å²) in [6.45, 7) is 6.62. The zero-order valence-electron chi connectivity index (χ0n) is 11.3. The molecule has 0 aromatic carbocycles. The number of halogens is 2. The van der Waals surface area contributed by atoms with E-state index < -0.39 is 16.1 Å². The molecule has 0 aliphatic rings. The molecule has 0 saturated carbocycles. The van der Waals surface area contributed by atoms with Gasteiger partial charge in [0.05, 0.1) is 18.1 Å². The smallest absolute Gasteiger partial charge is 0.265 e. The first-order valence-electron chi connectivity index (χ1n) is 5.91. The van der Waals surface area contributed by atoms with Crippen molar-refractivity contribution in [3.05, 3.63) is 27.2 Å². The predicted octanol–water partition coefficient (Wildman–Crippen LogP) is 3.28. The fraction of sp³-hybridized carbons (Fsp3) is 0.583. The lowest BCUT2D eigenvalue weighted by molar-refractivity contribution is 0.299. The van der Waals surface area contributed by atoms with Crippen LogP contribution < -0.4 is 0 Å². The van der Waals surface area contributed by atoms with Gasteiger partial charge in [-0.3, -0.25) is 4.18 Å². The second kappa shape index (κ2) is 6.28. The van der Waals surface area contributed by atoms with Gasteiger partial charge in [-0.1, -0.05) is 13.8 Å². The lowest BCUT2D eigenvalue weighted by Gasteiger charge is -2.16. The lowest BCUT2D eigenvalue weighted by Crippen LogP contribution is -2.13. The van der Waals surface area contributed by atoms with Crippen LogP contribution in [0.15, 0.2) is 4.47 Å². The fourth-order valence-electron chi connectivity index (χ4n) is 1.67. The molecule has 0 amide bonds. The predicted molar refractivity (Wildman–Crippen MR) is 75.0 cm³/mol. The highest BCUT2D eigenvalue weighted by atomic mass is 79.9. The first-order valence-corrected chi connectivity index (χ1v) is 8.28. The SMILES string of the molecule is CCS(=O)(=O)OCc1c(F)nc(C)c(Br)c1C(C)C. The normalized spacial score (nSPS) is 12.2. The van der Waals surface area contributed by atoms with Crippen LogP contribution in [0.1, 0.15) is 43.5 Å². The van der Waals surface area contributed by atoms with Crippen LogP contribution in [0, 0.1) is 12.9 Å². The monoisotopic (exact) mass is 353 g/mol. The topological polar surface area (TPSA) is 56.3 Å². The number of pyridine rings is 1. The first-order chi connectivity index (χ1) is 8.69. The molecule has 0 radical (unpaired) electrons. The minimum atomic E-state index is -3.61. The average molecular weight is 354 g/mol. The quantitative estimate of drug-likeness (QED) is 0.602. The van der Waals surface area contributed by atoms with Gasteiger partial charge in [-0.25, -0.2) is 4.98 Å². The minimum Gasteiger partial charge on any atom is -0.265 e. The number of rotatable bonds is 5. The van der Waals surface area contributed by atoms with Gasteiger partial charge in [0, 0.05) is 10.0 Å². The molecule has 0 atom stereocenters. The molecule has 4 nitrogen and oxygen atoms in total. The summed E-state index contributed by atoms with van der Waals surface area (Å²) in [5.41, 5.74) is 1.41. The van der Waals surface area contributed by atoms with Crippen LogP contribution in [0.2, 0.25) is 0 Å². The Bertz CT molecular complexity index is 573. The van der Waals surface area contributed by atoms with Gasteiger partial charge in [0.1, 0.15) is 0 Å². The van der Waals surface area contributed by atoms with Crippen molar-refractivity contribution < 1.29 is 17.0 Å². The maximum absolute atomic E-state index is 13.9. The molecule has 0 fully saturated rings. The lowest BCUT2D eigenvalue weighted by atomic mass is 9.98. The van der Waals surface area contributed by atoms with Gasteiger partial charge in [-0.2, -0.15) is 12.8 Å². The summed E-state index contributed by atoms with van der Waals surface area (Å²) in [4.78, 5) is 3.75. The molecule has 0 spiro atoms. The van der Waals surface area contributed by atoms with Crippen molar-refractivity contribution >= 4 is 26.0 Å². The van der Waals surface area contributed by atoms with Crippen LogP contribution in [0.5, 0.6) is 0 Å². The molecule has 0 aliphatic carbocycles. The van der Waals surface area contributed by atoms with Gasteiger partial charge in [0.2, 0.25) is 5.95 Å². The maximum Gasteiger partial charge on any atom is 0.267 e. The Morgan fingerprint density at radius 3 is 2.47 bits per heavy atom. The van der Waals surface area contributed by atoms with E-state index in [1.54, 1.807) is 6.92 Å². The Kier molecular flexibility index (Phi) is 5.46. The Hall–Kier alpha value is -0.530. The number of aromatic nitrogens is 1. The van der Waals surface area contributed by atoms with E-state index in [-0.39, 0.29) is 23.8 Å². The van der Waals surface area contributed by atoms with Crippen LogP contribution in [-0.2, 0) is 20.9 Å². The molecule has 0 bridgehead atoms. The van der Waals surface area contributed by atoms with Crippen molar-refractivity contribution in [3.63, 3.8) is 0 Å². The van der Waals surface area contributed by atoms with E-state index in [4.69, 9.17) is 4.18 Å². The molecule has 19 heavy (non-hydrogen) atoms. The highest BCUT2D eigenvalue weighted by Crippen LogP contribution is 2.32. The molecule has 1 aromatic rings. The van der Waals surface area contributed by atoms with E-state index in [9.17, 15) is 12.8 Å². The molecule has 1 aromatic heterocycles. The number of hydrogen-bond donors (Lipinski definition) is 0. The van der Waals surface area contributed by atoms with Crippen molar-refractivity contribution in [2.75, 3.05) is 5.75 Å². The summed E-state index contributed by atoms with van der Waals surface area (Å²) in [5.74, 6) is -0.810. The van der Waals surface area contributed by atoms with Crippen molar-refractivity contribution in [2.45, 2.75) is 40.2 Å². The number of nitrogens with zero attached hydrogens (tertiary/aromatic N) is 1. The molecular formula is C12H17BrFNO3S. The summed E-state index contributed by atoms with van der Waals surface area (Å²) < 4.78 is 42.1. The second-order valence-electron chi connectivity index (χ2n) is 4.46. The van der Waals surface area contributed by atoms with Crippen LogP contribution in [0.25, 0.3) is 0 Å². The molecule has 0 saturated heterocycles. The van der Waals surface area contributed by atoms with Crippen LogP contribution in [0.3, 0.4) is 0 Å². The molecule has 1 heterocycles. The minimum absolute atomic E-state index is 0.0218. The van der Waals surface area contributed by atoms with Gasteiger partial charge >= 0.3 is 0 Å². The van der Waals surface area contributed by atoms with Gasteiger partial charge < -0.3 is 0 Å². The summed E-state index contributed by atoms with van der Waals surface area (Å²) in [6, 6.07) is 0. The maximum atomic E-state index is 13.9. The standard InChI is InChI=1S/C12H17BrFNO3S/c1-5-19(16,17)18-6-9-10(7(2)3)11(13)8(4)15-12(9)14/h7H,5-6H2,1-4H3. The van der Waals surface area contributed by atoms with E-state index in [1.807, 2.05) is 13.8 Å². The van der Waals surface area contributed by atoms with Crippen molar-refractivity contribution in [1.29, 1.82) is 0 Å². The Morgan fingerprint density at radius 2 is 2.00 bits per heavy atom. The third kappa shape index (κ3) is 3.97. The highest BCUT2D eigenvalue weighted by Gasteiger charge is 2.21. The van der Waals surface area contributed by atoms with Crippen molar-refractivity contribution in [1.82, 2.24) is 4.98 Å². The third-order valence-electron chi connectivity index (χ3n) is 2.71. The summed E-state index contributed by atoms with van der Waals surface area (Å²) >= 11 is 3.37. The van der Waals surface area contributed by atoms with E-state index in [1.165, 1.54) is 6.92 Å². The van der Waals surface area contributed by atoms with Gasteiger partial charge in [0.25, 0.3) is 10.1 Å². The largest absolute Gasteiger partial charge is 0.267 e. The van der Waals surface area contributed by atoms with Crippen molar-refractivity contribution in [3.8, 4) is 0 Å².